The van der Waals surface area contributed by atoms with Crippen LogP contribution in [0.4, 0.5) is 13.2 Å². The standard InChI is InChI=1S/C14H18ClF3N2.ClH/c1-2-12(20-8-6-19-7-9-20)10-4-3-5-11(13(10)15)14(16,17)18;/h3-5,12,19H,2,6-9H2,1H3;1H/t12-;/m1./s1. The van der Waals surface area contributed by atoms with E-state index in [0.29, 0.717) is 5.56 Å². The Morgan fingerprint density at radius 1 is 1.29 bits per heavy atom. The van der Waals surface area contributed by atoms with Gasteiger partial charge in [-0.1, -0.05) is 30.7 Å². The molecular formula is C14H19Cl2F3N2. The van der Waals surface area contributed by atoms with Gasteiger partial charge < -0.3 is 5.32 Å². The topological polar surface area (TPSA) is 15.3 Å². The molecule has 0 aromatic heterocycles. The number of hydrogen-bond acceptors (Lipinski definition) is 2. The van der Waals surface area contributed by atoms with Crippen molar-refractivity contribution in [3.8, 4) is 0 Å². The molecule has 0 unspecified atom stereocenters. The van der Waals surface area contributed by atoms with Crippen LogP contribution in [0.2, 0.25) is 5.02 Å². The third-order valence-corrected chi connectivity index (χ3v) is 4.09. The van der Waals surface area contributed by atoms with E-state index in [-0.39, 0.29) is 23.5 Å². The van der Waals surface area contributed by atoms with E-state index in [1.807, 2.05) is 6.92 Å². The molecular weight excluding hydrogens is 324 g/mol. The van der Waals surface area contributed by atoms with E-state index in [4.69, 9.17) is 11.6 Å². The molecule has 0 aliphatic carbocycles. The average molecular weight is 343 g/mol. The molecule has 7 heteroatoms. The number of benzene rings is 1. The molecule has 21 heavy (non-hydrogen) atoms. The SMILES string of the molecule is CC[C@H](c1cccc(C(F)(F)F)c1Cl)N1CCNCC1.Cl. The Balaban J connectivity index is 0.00000220. The van der Waals surface area contributed by atoms with Gasteiger partial charge in [0.15, 0.2) is 0 Å². The van der Waals surface area contributed by atoms with E-state index < -0.39 is 11.7 Å². The number of halogens is 5. The number of hydrogen-bond donors (Lipinski definition) is 1. The van der Waals surface area contributed by atoms with E-state index in [0.717, 1.165) is 38.7 Å². The number of piperazine rings is 1. The molecule has 120 valence electrons. The highest BCUT2D eigenvalue weighted by Crippen LogP contribution is 2.39. The second-order valence-corrected chi connectivity index (χ2v) is 5.29. The van der Waals surface area contributed by atoms with E-state index in [9.17, 15) is 13.2 Å². The highest BCUT2D eigenvalue weighted by molar-refractivity contribution is 6.32. The van der Waals surface area contributed by atoms with Gasteiger partial charge in [-0.05, 0) is 18.1 Å². The summed E-state index contributed by atoms with van der Waals surface area (Å²) in [6.45, 7) is 5.33. The maximum absolute atomic E-state index is 12.9. The molecule has 0 bridgehead atoms. The van der Waals surface area contributed by atoms with Gasteiger partial charge in [0.2, 0.25) is 0 Å². The fourth-order valence-electron chi connectivity index (χ4n) is 2.69. The van der Waals surface area contributed by atoms with Crippen molar-refractivity contribution in [1.82, 2.24) is 10.2 Å². The molecule has 1 aromatic rings. The summed E-state index contributed by atoms with van der Waals surface area (Å²) >= 11 is 6.02. The zero-order valence-corrected chi connectivity index (χ0v) is 13.3. The maximum atomic E-state index is 12.9. The normalized spacial score (nSPS) is 18.1. The molecule has 0 amide bonds. The van der Waals surface area contributed by atoms with Crippen molar-refractivity contribution < 1.29 is 13.2 Å². The molecule has 1 aromatic carbocycles. The molecule has 2 nitrogen and oxygen atoms in total. The first-order chi connectivity index (χ1) is 9.45. The van der Waals surface area contributed by atoms with Crippen molar-refractivity contribution in [3.05, 3.63) is 34.3 Å². The molecule has 1 fully saturated rings. The number of nitrogens with one attached hydrogen (secondary N) is 1. The molecule has 1 atom stereocenters. The zero-order chi connectivity index (χ0) is 14.8. The lowest BCUT2D eigenvalue weighted by molar-refractivity contribution is -0.137. The van der Waals surface area contributed by atoms with Gasteiger partial charge in [-0.2, -0.15) is 13.2 Å². The predicted octanol–water partition coefficient (Wildman–Crippen LogP) is 4.14. The van der Waals surface area contributed by atoms with Crippen LogP contribution in [-0.2, 0) is 6.18 Å². The van der Waals surface area contributed by atoms with Crippen molar-refractivity contribution in [1.29, 1.82) is 0 Å². The van der Waals surface area contributed by atoms with E-state index in [2.05, 4.69) is 10.2 Å². The molecule has 1 heterocycles. The number of alkyl halides is 3. The highest BCUT2D eigenvalue weighted by atomic mass is 35.5. The van der Waals surface area contributed by atoms with Gasteiger partial charge in [0.1, 0.15) is 0 Å². The summed E-state index contributed by atoms with van der Waals surface area (Å²) in [5.74, 6) is 0. The van der Waals surface area contributed by atoms with Gasteiger partial charge in [0.05, 0.1) is 10.6 Å². The summed E-state index contributed by atoms with van der Waals surface area (Å²) in [6.07, 6.45) is -3.67. The van der Waals surface area contributed by atoms with Crippen molar-refractivity contribution in [2.75, 3.05) is 26.2 Å². The fourth-order valence-corrected chi connectivity index (χ4v) is 3.05. The highest BCUT2D eigenvalue weighted by Gasteiger charge is 2.35. The van der Waals surface area contributed by atoms with Crippen molar-refractivity contribution in [2.24, 2.45) is 0 Å². The molecule has 0 saturated carbocycles. The van der Waals surface area contributed by atoms with Gasteiger partial charge in [-0.3, -0.25) is 4.90 Å². The van der Waals surface area contributed by atoms with Crippen LogP contribution in [0.15, 0.2) is 18.2 Å². The van der Waals surface area contributed by atoms with Gasteiger partial charge in [0.25, 0.3) is 0 Å². The third-order valence-electron chi connectivity index (χ3n) is 3.67. The van der Waals surface area contributed by atoms with E-state index in [1.54, 1.807) is 6.07 Å². The quantitative estimate of drug-likeness (QED) is 0.888. The van der Waals surface area contributed by atoms with Crippen LogP contribution in [0.1, 0.15) is 30.5 Å². The molecule has 2 rings (SSSR count). The minimum atomic E-state index is -4.41. The minimum Gasteiger partial charge on any atom is -0.314 e. The average Bonchev–Trinajstić information content (AvgIpc) is 2.41. The fraction of sp³-hybridized carbons (Fsp3) is 0.571. The van der Waals surface area contributed by atoms with Crippen LogP contribution in [-0.4, -0.2) is 31.1 Å². The largest absolute Gasteiger partial charge is 0.417 e. The van der Waals surface area contributed by atoms with Crippen LogP contribution in [0, 0.1) is 0 Å². The molecule has 0 radical (unpaired) electrons. The van der Waals surface area contributed by atoms with Crippen molar-refractivity contribution in [2.45, 2.75) is 25.6 Å². The number of nitrogens with zero attached hydrogens (tertiary/aromatic N) is 1. The monoisotopic (exact) mass is 342 g/mol. The summed E-state index contributed by atoms with van der Waals surface area (Å²) < 4.78 is 38.8. The smallest absolute Gasteiger partial charge is 0.314 e. The van der Waals surface area contributed by atoms with Crippen LogP contribution in [0.25, 0.3) is 0 Å². The molecule has 0 spiro atoms. The van der Waals surface area contributed by atoms with Crippen molar-refractivity contribution in [3.63, 3.8) is 0 Å². The van der Waals surface area contributed by atoms with Crippen molar-refractivity contribution >= 4 is 24.0 Å². The summed E-state index contributed by atoms with van der Waals surface area (Å²) in [6, 6.07) is 4.12. The Kier molecular flexibility index (Phi) is 6.78. The Labute approximate surface area is 134 Å². The van der Waals surface area contributed by atoms with Crippen LogP contribution < -0.4 is 5.32 Å². The van der Waals surface area contributed by atoms with Gasteiger partial charge >= 0.3 is 6.18 Å². The maximum Gasteiger partial charge on any atom is 0.417 e. The lowest BCUT2D eigenvalue weighted by Gasteiger charge is -2.35. The number of rotatable bonds is 3. The molecule has 1 N–H and O–H groups in total. The lowest BCUT2D eigenvalue weighted by Crippen LogP contribution is -2.45. The molecule has 1 saturated heterocycles. The Bertz CT molecular complexity index is 460. The van der Waals surface area contributed by atoms with Gasteiger partial charge in [-0.15, -0.1) is 12.4 Å². The Morgan fingerprint density at radius 3 is 2.43 bits per heavy atom. The first-order valence-corrected chi connectivity index (χ1v) is 7.13. The van der Waals surface area contributed by atoms with Gasteiger partial charge in [-0.25, -0.2) is 0 Å². The summed E-state index contributed by atoms with van der Waals surface area (Å²) in [7, 11) is 0. The second kappa shape index (κ2) is 7.68. The summed E-state index contributed by atoms with van der Waals surface area (Å²) in [5, 5.41) is 3.08. The second-order valence-electron chi connectivity index (χ2n) is 4.92. The van der Waals surface area contributed by atoms with Crippen LogP contribution >= 0.6 is 24.0 Å². The summed E-state index contributed by atoms with van der Waals surface area (Å²) in [4.78, 5) is 2.19. The lowest BCUT2D eigenvalue weighted by atomic mass is 9.99. The Morgan fingerprint density at radius 2 is 1.90 bits per heavy atom. The van der Waals surface area contributed by atoms with E-state index >= 15 is 0 Å². The molecule has 1 aliphatic heterocycles. The first-order valence-electron chi connectivity index (χ1n) is 6.75. The van der Waals surface area contributed by atoms with Crippen LogP contribution in [0.5, 0.6) is 0 Å². The minimum absolute atomic E-state index is 0. The zero-order valence-electron chi connectivity index (χ0n) is 11.7. The Hall–Kier alpha value is -0.490. The predicted molar refractivity (Wildman–Crippen MR) is 81.2 cm³/mol. The van der Waals surface area contributed by atoms with Crippen LogP contribution in [0.3, 0.4) is 0 Å². The van der Waals surface area contributed by atoms with Gasteiger partial charge in [0, 0.05) is 32.2 Å². The summed E-state index contributed by atoms with van der Waals surface area (Å²) in [5.41, 5.74) is -0.170. The first kappa shape index (κ1) is 18.6. The molecule has 1 aliphatic rings. The van der Waals surface area contributed by atoms with E-state index in [1.165, 1.54) is 6.07 Å². The third kappa shape index (κ3) is 4.25.